The Morgan fingerprint density at radius 2 is 0.328 bits per heavy atom. The van der Waals surface area contributed by atoms with Gasteiger partial charge in [-0.05, 0) is 74.1 Å². The van der Waals surface area contributed by atoms with Crippen LogP contribution in [0.15, 0.2) is 243 Å². The van der Waals surface area contributed by atoms with Crippen LogP contribution in [0.1, 0.15) is 0 Å². The van der Waals surface area contributed by atoms with Crippen molar-refractivity contribution < 1.29 is 49.5 Å². The van der Waals surface area contributed by atoms with E-state index in [9.17, 15) is 0 Å². The summed E-state index contributed by atoms with van der Waals surface area (Å²) < 4.78 is 15.0. The van der Waals surface area contributed by atoms with E-state index < -0.39 is 31.7 Å². The number of benzene rings is 8. The Morgan fingerprint density at radius 1 is 0.230 bits per heavy atom. The Kier molecular flexibility index (Phi) is 27.7. The molecule has 0 unspecified atom stereocenters. The van der Waals surface area contributed by atoms with Crippen molar-refractivity contribution in [1.82, 2.24) is 0 Å². The topological polar surface area (TPSA) is 39.8 Å². The van der Waals surface area contributed by atoms with Gasteiger partial charge < -0.3 is 13.5 Å². The maximum atomic E-state index is 7.50. The summed E-state index contributed by atoms with van der Waals surface area (Å²) in [6, 6.07) is 88.3. The predicted octanol–water partition coefficient (Wildman–Crippen LogP) is 10.1. The second kappa shape index (κ2) is 31.4. The largest absolute Gasteiger partial charge is 0.813 e. The number of thiol groups is 1. The summed E-state index contributed by atoms with van der Waals surface area (Å²) in [5.74, 6) is 2.35. The fraction of sp³-hybridized carbons (Fsp3) is 0.0385. The molecule has 0 atom stereocenters. The smallest absolute Gasteiger partial charge is 0.00405 e. The average molecular weight is 1240 g/mol. The predicted molar refractivity (Wildman–Crippen MR) is 263 cm³/mol. The molecule has 0 N–H and O–H groups in total. The van der Waals surface area contributed by atoms with Crippen LogP contribution in [0.25, 0.3) is 0 Å². The van der Waals surface area contributed by atoms with Gasteiger partial charge in [0.1, 0.15) is 0 Å². The van der Waals surface area contributed by atoms with E-state index in [4.69, 9.17) is 9.30 Å². The van der Waals surface area contributed by atoms with Crippen LogP contribution >= 0.6 is 31.7 Å². The van der Waals surface area contributed by atoms with E-state index in [0.29, 0.717) is 0 Å². The van der Waals surface area contributed by atoms with Crippen molar-refractivity contribution in [1.29, 1.82) is 0 Å². The van der Waals surface area contributed by atoms with Crippen LogP contribution in [0.3, 0.4) is 0 Å². The Morgan fingerprint density at radius 3 is 0.426 bits per heavy atom. The summed E-state index contributed by atoms with van der Waals surface area (Å²) >= 11 is 0. The van der Waals surface area contributed by atoms with Gasteiger partial charge in [0, 0.05) is 52.0 Å². The first kappa shape index (κ1) is 53.7. The van der Waals surface area contributed by atoms with E-state index in [1.54, 1.807) is 0 Å². The van der Waals surface area contributed by atoms with Gasteiger partial charge in [-0.2, -0.15) is 0 Å². The Balaban J connectivity index is 0.000000372. The van der Waals surface area contributed by atoms with Crippen LogP contribution in [0.4, 0.5) is 0 Å². The summed E-state index contributed by atoms with van der Waals surface area (Å²) in [5, 5.41) is 11.7. The van der Waals surface area contributed by atoms with Gasteiger partial charge in [0.25, 0.3) is 0 Å². The molecule has 2 nitrogen and oxygen atoms in total. The van der Waals surface area contributed by atoms with Crippen LogP contribution < -0.4 is 42.4 Å². The molecule has 0 bridgehead atoms. The van der Waals surface area contributed by atoms with E-state index in [2.05, 4.69) is 256 Å². The van der Waals surface area contributed by atoms with Gasteiger partial charge in [0.15, 0.2) is 0 Å². The van der Waals surface area contributed by atoms with Gasteiger partial charge in [-0.25, -0.2) is 0 Å². The zero-order valence-electron chi connectivity index (χ0n) is 33.2. The molecule has 0 aliphatic heterocycles. The number of hydrogen-bond acceptors (Lipinski definition) is 1. The van der Waals surface area contributed by atoms with E-state index in [-0.39, 0.29) is 53.7 Å². The Labute approximate surface area is 401 Å². The van der Waals surface area contributed by atoms with Gasteiger partial charge in [-0.3, -0.25) is 0 Å². The van der Waals surface area contributed by atoms with Gasteiger partial charge >= 0.3 is 22.6 Å². The molecule has 2 radical (unpaired) electrons. The molecule has 61 heavy (non-hydrogen) atoms. The normalized spacial score (nSPS) is 9.84. The number of hydrogen-bond donors (Lipinski definition) is 0. The van der Waals surface area contributed by atoms with Crippen molar-refractivity contribution in [2.45, 2.75) is 0 Å². The quantitative estimate of drug-likeness (QED) is 0.0395. The van der Waals surface area contributed by atoms with E-state index in [0.717, 1.165) is 0 Å². The first-order chi connectivity index (χ1) is 28.8. The first-order valence-corrected chi connectivity index (χ1v) is 24.9. The zero-order valence-corrected chi connectivity index (χ0v) is 42.5. The average Bonchev–Trinajstić information content (AvgIpc) is 3.33. The third kappa shape index (κ3) is 16.7. The standard InChI is InChI=1S/2C25H22P2.2CO.2Ir.H2S/c2*1-5-13-22(14-6-1)26(23-15-7-2-8-16-23)21-27(24-17-9-3-10-18-24)25-19-11-4-12-20-25;2*1-2;;;/h2*1-20H,21H2;;;;;1H2/p-1. The van der Waals surface area contributed by atoms with Crippen molar-refractivity contribution in [2.75, 3.05) is 11.8 Å². The van der Waals surface area contributed by atoms with Crippen LogP contribution in [0, 0.1) is 13.3 Å². The maximum Gasteiger partial charge on any atom is 0.00405 e. The van der Waals surface area contributed by atoms with Crippen molar-refractivity contribution in [3.63, 3.8) is 0 Å². The Bertz CT molecular complexity index is 1840. The minimum absolute atomic E-state index is 0. The minimum atomic E-state index is -0.409. The van der Waals surface area contributed by atoms with Crippen LogP contribution in [-0.2, 0) is 63.0 Å². The molecule has 0 aromatic heterocycles. The van der Waals surface area contributed by atoms with Crippen molar-refractivity contribution >= 4 is 87.6 Å². The van der Waals surface area contributed by atoms with Crippen molar-refractivity contribution in [3.8, 4) is 0 Å². The molecule has 8 aromatic rings. The molecular formula is C52H45Ir2O2P4S-. The molecule has 8 aromatic carbocycles. The van der Waals surface area contributed by atoms with E-state index in [1.807, 2.05) is 0 Å². The molecule has 8 rings (SSSR count). The van der Waals surface area contributed by atoms with Gasteiger partial charge in [-0.1, -0.05) is 243 Å². The molecule has 0 aliphatic rings. The third-order valence-corrected chi connectivity index (χ3v) is 21.0. The molecule has 0 amide bonds. The SMILES string of the molecule is [C-]#[O+].[C-]#[O+].[Ir].[Ir].[SH-].c1ccc(P(CP(c2ccccc2)c2ccccc2)c2ccccc2)cc1.c1ccc(P(CP(c2ccccc2)c2ccccc2)c2ccccc2)cc1. The van der Waals surface area contributed by atoms with Gasteiger partial charge in [0.05, 0.1) is 0 Å². The molecule has 0 saturated carbocycles. The van der Waals surface area contributed by atoms with Crippen LogP contribution in [-0.4, -0.2) is 11.8 Å². The van der Waals surface area contributed by atoms with Crippen LogP contribution in [0.2, 0.25) is 0 Å². The fourth-order valence-electron chi connectivity index (χ4n) is 6.40. The summed E-state index contributed by atoms with van der Waals surface area (Å²) in [7, 11) is -1.63. The van der Waals surface area contributed by atoms with E-state index >= 15 is 0 Å². The molecule has 0 heterocycles. The van der Waals surface area contributed by atoms with Crippen molar-refractivity contribution in [2.24, 2.45) is 0 Å². The van der Waals surface area contributed by atoms with Gasteiger partial charge in [-0.15, -0.1) is 0 Å². The zero-order chi connectivity index (χ0) is 40.6. The second-order valence-electron chi connectivity index (χ2n) is 12.7. The summed E-state index contributed by atoms with van der Waals surface area (Å²) in [4.78, 5) is 0. The first-order valence-electron chi connectivity index (χ1n) is 18.7. The van der Waals surface area contributed by atoms with Gasteiger partial charge in [0.2, 0.25) is 0 Å². The monoisotopic (exact) mass is 1240 g/mol. The molecule has 0 saturated heterocycles. The van der Waals surface area contributed by atoms with Crippen LogP contribution in [0.5, 0.6) is 0 Å². The third-order valence-electron chi connectivity index (χ3n) is 9.11. The minimum Gasteiger partial charge on any atom is -0.813 e. The molecular weight excluding hydrogens is 1200 g/mol. The summed E-state index contributed by atoms with van der Waals surface area (Å²) in [5.41, 5.74) is 0. The molecule has 0 aliphatic carbocycles. The maximum absolute atomic E-state index is 7.50. The molecule has 9 heteroatoms. The molecule has 0 spiro atoms. The van der Waals surface area contributed by atoms with Crippen molar-refractivity contribution in [3.05, 3.63) is 256 Å². The number of rotatable bonds is 12. The summed E-state index contributed by atoms with van der Waals surface area (Å²) in [6.45, 7) is 9.00. The van der Waals surface area contributed by atoms with E-state index in [1.165, 1.54) is 54.2 Å². The molecule has 310 valence electrons. The molecule has 0 fully saturated rings. The second-order valence-corrected chi connectivity index (χ2v) is 22.5. The Hall–Kier alpha value is -3.39. The summed E-state index contributed by atoms with van der Waals surface area (Å²) in [6.07, 6.45) is 0. The fourth-order valence-corrected chi connectivity index (χ4v) is 19.3.